The Bertz CT molecular complexity index is 889. The largest absolute Gasteiger partial charge is 0.491 e. The third-order valence-corrected chi connectivity index (χ3v) is 4.95. The molecule has 0 aromatic heterocycles. The highest BCUT2D eigenvalue weighted by Gasteiger charge is 2.50. The second-order valence-electron chi connectivity index (χ2n) is 6.70. The first-order valence-electron chi connectivity index (χ1n) is 9.03. The number of hydrogen-bond acceptors (Lipinski definition) is 5. The highest BCUT2D eigenvalue weighted by molar-refractivity contribution is 5.90. The van der Waals surface area contributed by atoms with Crippen molar-refractivity contribution < 1.29 is 24.3 Å². The van der Waals surface area contributed by atoms with Crippen molar-refractivity contribution in [2.24, 2.45) is 5.73 Å². The summed E-state index contributed by atoms with van der Waals surface area (Å²) in [6.07, 6.45) is 0. The number of aliphatic hydroxyl groups is 1. The summed E-state index contributed by atoms with van der Waals surface area (Å²) < 4.78 is 5.49. The van der Waals surface area contributed by atoms with Gasteiger partial charge < -0.3 is 20.5 Å². The van der Waals surface area contributed by atoms with Gasteiger partial charge in [-0.15, -0.1) is 0 Å². The first-order chi connectivity index (χ1) is 13.6. The number of nitrogens with two attached hydrogens (primary N) is 1. The van der Waals surface area contributed by atoms with Gasteiger partial charge in [-0.2, -0.15) is 5.06 Å². The molecule has 4 rings (SSSR count). The molecule has 3 N–H and O–H groups in total. The lowest BCUT2D eigenvalue weighted by atomic mass is 9.90. The maximum Gasteiger partial charge on any atom is 0.345 e. The molecule has 8 nitrogen and oxygen atoms in total. The number of benzene rings is 2. The molecule has 28 heavy (non-hydrogen) atoms. The normalized spacial score (nSPS) is 20.2. The number of rotatable bonds is 7. The number of hydroxylamine groups is 2. The van der Waals surface area contributed by atoms with Gasteiger partial charge in [0.15, 0.2) is 0 Å². The third-order valence-electron chi connectivity index (χ3n) is 4.95. The molecule has 2 aromatic carbocycles. The Labute approximate surface area is 162 Å². The van der Waals surface area contributed by atoms with E-state index in [0.29, 0.717) is 17.9 Å². The van der Waals surface area contributed by atoms with Crippen LogP contribution < -0.4 is 10.5 Å². The lowest BCUT2D eigenvalue weighted by Crippen LogP contribution is -2.41. The van der Waals surface area contributed by atoms with Gasteiger partial charge in [0.1, 0.15) is 31.0 Å². The number of nitrogens with zero attached hydrogens (tertiary/aromatic N) is 2. The Hall–Kier alpha value is -3.10. The summed E-state index contributed by atoms with van der Waals surface area (Å²) in [5.74, 6) is -0.0474. The quantitative estimate of drug-likeness (QED) is 0.754. The predicted octanol–water partition coefficient (Wildman–Crippen LogP) is 1.51. The molecule has 2 atom stereocenters. The van der Waals surface area contributed by atoms with E-state index in [1.807, 2.05) is 30.3 Å². The Morgan fingerprint density at radius 3 is 2.68 bits per heavy atom. The molecular weight excluding hydrogens is 362 g/mol. The van der Waals surface area contributed by atoms with Crippen molar-refractivity contribution in [2.75, 3.05) is 19.8 Å². The summed E-state index contributed by atoms with van der Waals surface area (Å²) in [5.41, 5.74) is 7.95. The lowest BCUT2D eigenvalue weighted by molar-refractivity contribution is -0.141. The summed E-state index contributed by atoms with van der Waals surface area (Å²) in [5, 5.41) is 10.3. The van der Waals surface area contributed by atoms with Crippen LogP contribution >= 0.6 is 0 Å². The van der Waals surface area contributed by atoms with Crippen molar-refractivity contribution in [2.45, 2.75) is 18.7 Å². The van der Waals surface area contributed by atoms with Crippen LogP contribution in [-0.4, -0.2) is 46.8 Å². The molecule has 146 valence electrons. The minimum Gasteiger partial charge on any atom is -0.491 e. The molecule has 2 aromatic rings. The van der Waals surface area contributed by atoms with Crippen molar-refractivity contribution in [3.05, 3.63) is 65.2 Å². The number of fused-ring (bicyclic) bond motifs is 4. The first kappa shape index (κ1) is 18.3. The molecule has 0 aliphatic carbocycles. The number of hydrogen-bond donors (Lipinski definition) is 2. The van der Waals surface area contributed by atoms with Crippen LogP contribution in [0.15, 0.2) is 48.5 Å². The van der Waals surface area contributed by atoms with Gasteiger partial charge in [-0.05, 0) is 28.8 Å². The van der Waals surface area contributed by atoms with Crippen LogP contribution in [0, 0.1) is 0 Å². The minimum atomic E-state index is -0.851. The predicted molar refractivity (Wildman–Crippen MR) is 98.9 cm³/mol. The van der Waals surface area contributed by atoms with Crippen LogP contribution in [0.5, 0.6) is 5.75 Å². The molecule has 0 saturated carbocycles. The maximum absolute atomic E-state index is 12.9. The number of aliphatic hydroxyl groups excluding tert-OH is 1. The molecule has 0 radical (unpaired) electrons. The number of primary amides is 1. The molecule has 8 heteroatoms. The van der Waals surface area contributed by atoms with Crippen molar-refractivity contribution in [3.63, 3.8) is 0 Å². The summed E-state index contributed by atoms with van der Waals surface area (Å²) in [4.78, 5) is 32.3. The van der Waals surface area contributed by atoms with Crippen molar-refractivity contribution in [1.29, 1.82) is 0 Å². The molecule has 2 aliphatic heterocycles. The van der Waals surface area contributed by atoms with Crippen molar-refractivity contribution >= 4 is 11.9 Å². The monoisotopic (exact) mass is 383 g/mol. The smallest absolute Gasteiger partial charge is 0.345 e. The molecular formula is C20H21N3O5. The van der Waals surface area contributed by atoms with E-state index in [4.69, 9.17) is 20.4 Å². The van der Waals surface area contributed by atoms with Gasteiger partial charge in [0.05, 0.1) is 13.2 Å². The molecule has 1 fully saturated rings. The summed E-state index contributed by atoms with van der Waals surface area (Å²) in [6.45, 7) is 0.580. The third kappa shape index (κ3) is 3.17. The second kappa shape index (κ2) is 7.49. The molecule has 2 heterocycles. The summed E-state index contributed by atoms with van der Waals surface area (Å²) in [6, 6.07) is 13.1. The van der Waals surface area contributed by atoms with Crippen LogP contribution in [0.25, 0.3) is 0 Å². The van der Waals surface area contributed by atoms with Gasteiger partial charge in [-0.3, -0.25) is 9.63 Å². The van der Waals surface area contributed by atoms with E-state index in [1.54, 1.807) is 18.2 Å². The van der Waals surface area contributed by atoms with E-state index in [-0.39, 0.29) is 25.9 Å². The fourth-order valence-electron chi connectivity index (χ4n) is 3.72. The van der Waals surface area contributed by atoms with Crippen LogP contribution in [0.1, 0.15) is 28.8 Å². The molecule has 1 saturated heterocycles. The SMILES string of the molecule is NC(=O)C1c2ccc(OCCO)cc2[C@H]2CN1C(=O)N2OCc1ccccc1. The summed E-state index contributed by atoms with van der Waals surface area (Å²) in [7, 11) is 0. The van der Waals surface area contributed by atoms with Crippen LogP contribution in [0.4, 0.5) is 4.79 Å². The number of carbonyl (C=O) groups excluding carboxylic acids is 2. The van der Waals surface area contributed by atoms with Gasteiger partial charge in [-0.1, -0.05) is 36.4 Å². The average Bonchev–Trinajstić information content (AvgIpc) is 2.98. The zero-order chi connectivity index (χ0) is 19.7. The van der Waals surface area contributed by atoms with Gasteiger partial charge in [0.2, 0.25) is 5.91 Å². The standard InChI is InChI=1S/C20H21N3O5/c21-19(25)18-15-7-6-14(27-9-8-24)10-16(15)17-11-22(18)20(26)23(17)28-12-13-4-2-1-3-5-13/h1-7,10,17-18,24H,8-9,11-12H2,(H2,21,25)/t17-,18?/m1/s1. The Balaban J connectivity index is 1.65. The number of carbonyl (C=O) groups is 2. The van der Waals surface area contributed by atoms with Crippen molar-refractivity contribution in [1.82, 2.24) is 9.96 Å². The zero-order valence-electron chi connectivity index (χ0n) is 15.2. The summed E-state index contributed by atoms with van der Waals surface area (Å²) >= 11 is 0. The van der Waals surface area contributed by atoms with E-state index in [0.717, 1.165) is 11.1 Å². The number of amides is 3. The minimum absolute atomic E-state index is 0.108. The van der Waals surface area contributed by atoms with E-state index in [9.17, 15) is 9.59 Å². The van der Waals surface area contributed by atoms with Crippen LogP contribution in [0.2, 0.25) is 0 Å². The zero-order valence-corrected chi connectivity index (χ0v) is 15.2. The van der Waals surface area contributed by atoms with Gasteiger partial charge in [-0.25, -0.2) is 4.79 Å². The second-order valence-corrected chi connectivity index (χ2v) is 6.70. The van der Waals surface area contributed by atoms with Gasteiger partial charge in [0, 0.05) is 0 Å². The van der Waals surface area contributed by atoms with E-state index < -0.39 is 18.0 Å². The molecule has 2 bridgehead atoms. The highest BCUT2D eigenvalue weighted by atomic mass is 16.7. The average molecular weight is 383 g/mol. The molecule has 3 amide bonds. The maximum atomic E-state index is 12.9. The van der Waals surface area contributed by atoms with Crippen LogP contribution in [-0.2, 0) is 16.2 Å². The van der Waals surface area contributed by atoms with Crippen LogP contribution in [0.3, 0.4) is 0 Å². The van der Waals surface area contributed by atoms with Crippen molar-refractivity contribution in [3.8, 4) is 5.75 Å². The highest BCUT2D eigenvalue weighted by Crippen LogP contribution is 2.45. The lowest BCUT2D eigenvalue weighted by Gasteiger charge is -2.31. The van der Waals surface area contributed by atoms with Gasteiger partial charge >= 0.3 is 6.03 Å². The van der Waals surface area contributed by atoms with E-state index in [1.165, 1.54) is 9.96 Å². The van der Waals surface area contributed by atoms with E-state index in [2.05, 4.69) is 0 Å². The number of urea groups is 1. The Morgan fingerprint density at radius 2 is 1.96 bits per heavy atom. The fourth-order valence-corrected chi connectivity index (χ4v) is 3.72. The Kier molecular flexibility index (Phi) is 4.89. The molecule has 0 spiro atoms. The van der Waals surface area contributed by atoms with Gasteiger partial charge in [0.25, 0.3) is 0 Å². The molecule has 2 aliphatic rings. The van der Waals surface area contributed by atoms with E-state index >= 15 is 0 Å². The topological polar surface area (TPSA) is 105 Å². The number of ether oxygens (including phenoxy) is 1. The fraction of sp³-hybridized carbons (Fsp3) is 0.300. The first-order valence-corrected chi connectivity index (χ1v) is 9.03. The Morgan fingerprint density at radius 1 is 1.18 bits per heavy atom. The molecule has 1 unspecified atom stereocenters.